The van der Waals surface area contributed by atoms with Crippen LogP contribution in [-0.2, 0) is 9.59 Å². The third kappa shape index (κ3) is 2.41. The summed E-state index contributed by atoms with van der Waals surface area (Å²) in [4.78, 5) is 22.3. The van der Waals surface area contributed by atoms with Crippen molar-refractivity contribution in [2.24, 2.45) is 0 Å². The molecule has 3 aromatic rings. The van der Waals surface area contributed by atoms with Crippen LogP contribution in [-0.4, -0.2) is 17.0 Å². The van der Waals surface area contributed by atoms with Crippen molar-refractivity contribution < 1.29 is 19.1 Å². The summed E-state index contributed by atoms with van der Waals surface area (Å²) in [5.41, 5.74) is 2.78. The lowest BCUT2D eigenvalue weighted by Gasteiger charge is -2.06. The van der Waals surface area contributed by atoms with Crippen molar-refractivity contribution in [2.45, 2.75) is 19.8 Å². The van der Waals surface area contributed by atoms with Gasteiger partial charge in [-0.05, 0) is 42.8 Å². The van der Waals surface area contributed by atoms with Gasteiger partial charge in [-0.1, -0.05) is 6.07 Å². The van der Waals surface area contributed by atoms with Gasteiger partial charge >= 0.3 is 5.97 Å². The molecule has 0 spiro atoms. The summed E-state index contributed by atoms with van der Waals surface area (Å²) in [7, 11) is 0. The summed E-state index contributed by atoms with van der Waals surface area (Å²) in [6, 6.07) is 10.8. The van der Waals surface area contributed by atoms with Crippen LogP contribution < -0.4 is 5.32 Å². The molecule has 0 fully saturated rings. The number of fused-ring (bicyclic) bond motifs is 3. The van der Waals surface area contributed by atoms with E-state index in [4.69, 9.17) is 9.52 Å². The average Bonchev–Trinajstić information content (AvgIpc) is 2.83. The predicted molar refractivity (Wildman–Crippen MR) is 84.1 cm³/mol. The molecule has 0 saturated heterocycles. The van der Waals surface area contributed by atoms with Crippen molar-refractivity contribution >= 4 is 39.5 Å². The van der Waals surface area contributed by atoms with Crippen LogP contribution in [0.5, 0.6) is 0 Å². The first kappa shape index (κ1) is 14.1. The molecule has 1 atom stereocenters. The van der Waals surface area contributed by atoms with Gasteiger partial charge in [0.15, 0.2) is 0 Å². The van der Waals surface area contributed by atoms with Crippen LogP contribution in [0, 0.1) is 0 Å². The van der Waals surface area contributed by atoms with E-state index in [1.54, 1.807) is 31.2 Å². The normalized spacial score (nSPS) is 12.5. The third-order valence-electron chi connectivity index (χ3n) is 3.68. The first-order valence-corrected chi connectivity index (χ1v) is 6.92. The van der Waals surface area contributed by atoms with Gasteiger partial charge in [-0.15, -0.1) is 0 Å². The Bertz CT molecular complexity index is 894. The molecule has 0 aliphatic heterocycles. The molecule has 5 heteroatoms. The van der Waals surface area contributed by atoms with Gasteiger partial charge in [0.1, 0.15) is 11.2 Å². The highest BCUT2D eigenvalue weighted by Crippen LogP contribution is 2.32. The zero-order valence-electron chi connectivity index (χ0n) is 12.2. The highest BCUT2D eigenvalue weighted by atomic mass is 16.4. The van der Waals surface area contributed by atoms with E-state index in [9.17, 15) is 9.59 Å². The van der Waals surface area contributed by atoms with E-state index in [1.165, 1.54) is 6.92 Å². The molecule has 1 unspecified atom stereocenters. The van der Waals surface area contributed by atoms with Crippen LogP contribution in [0.3, 0.4) is 0 Å². The van der Waals surface area contributed by atoms with Crippen LogP contribution >= 0.6 is 0 Å². The summed E-state index contributed by atoms with van der Waals surface area (Å²) < 4.78 is 5.75. The van der Waals surface area contributed by atoms with Crippen molar-refractivity contribution in [1.82, 2.24) is 0 Å². The van der Waals surface area contributed by atoms with Crippen LogP contribution in [0.25, 0.3) is 21.9 Å². The number of benzene rings is 2. The molecule has 2 aromatic carbocycles. The predicted octanol–water partition coefficient (Wildman–Crippen LogP) is 3.73. The Kier molecular flexibility index (Phi) is 3.33. The molecule has 0 bridgehead atoms. The minimum Gasteiger partial charge on any atom is -0.481 e. The third-order valence-corrected chi connectivity index (χ3v) is 3.68. The highest BCUT2D eigenvalue weighted by molar-refractivity contribution is 6.07. The molecule has 2 N–H and O–H groups in total. The van der Waals surface area contributed by atoms with Gasteiger partial charge in [0.25, 0.3) is 0 Å². The van der Waals surface area contributed by atoms with Crippen molar-refractivity contribution in [3.63, 3.8) is 0 Å². The number of amides is 1. The largest absolute Gasteiger partial charge is 0.481 e. The number of carboxylic acid groups (broad SMARTS) is 1. The number of carbonyl (C=O) groups excluding carboxylic acids is 1. The number of carbonyl (C=O) groups is 2. The van der Waals surface area contributed by atoms with Crippen molar-refractivity contribution in [3.05, 3.63) is 42.0 Å². The maximum atomic E-state index is 11.2. The van der Waals surface area contributed by atoms with E-state index < -0.39 is 11.9 Å². The first-order chi connectivity index (χ1) is 10.5. The summed E-state index contributed by atoms with van der Waals surface area (Å²) in [5.74, 6) is -1.61. The molecular formula is C17H15NO4. The molecule has 0 saturated carbocycles. The number of furan rings is 1. The summed E-state index contributed by atoms with van der Waals surface area (Å²) in [5, 5.41) is 13.6. The summed E-state index contributed by atoms with van der Waals surface area (Å²) >= 11 is 0. The number of aliphatic carboxylic acids is 1. The SMILES string of the molecule is CC(=O)Nc1ccc2oc3ccc(C(C)C(=O)O)cc3c2c1. The smallest absolute Gasteiger partial charge is 0.310 e. The standard InChI is InChI=1S/C17H15NO4/c1-9(17(20)21)11-3-5-15-13(7-11)14-8-12(18-10(2)19)4-6-16(14)22-15/h3-9H,1-2H3,(H,18,19)(H,20,21). The van der Waals surface area contributed by atoms with Gasteiger partial charge < -0.3 is 14.8 Å². The van der Waals surface area contributed by atoms with E-state index in [-0.39, 0.29) is 5.91 Å². The van der Waals surface area contributed by atoms with Gasteiger partial charge in [-0.25, -0.2) is 0 Å². The lowest BCUT2D eigenvalue weighted by atomic mass is 9.99. The molecule has 0 aliphatic rings. The van der Waals surface area contributed by atoms with Crippen molar-refractivity contribution in [2.75, 3.05) is 5.32 Å². The molecule has 1 aromatic heterocycles. The zero-order valence-corrected chi connectivity index (χ0v) is 12.2. The molecule has 112 valence electrons. The van der Waals surface area contributed by atoms with Crippen molar-refractivity contribution in [3.8, 4) is 0 Å². The Balaban J connectivity index is 2.18. The van der Waals surface area contributed by atoms with Gasteiger partial charge in [-0.3, -0.25) is 9.59 Å². The summed E-state index contributed by atoms with van der Waals surface area (Å²) in [6.07, 6.45) is 0. The Morgan fingerprint density at radius 1 is 1.09 bits per heavy atom. The van der Waals surface area contributed by atoms with E-state index >= 15 is 0 Å². The Hall–Kier alpha value is -2.82. The monoisotopic (exact) mass is 297 g/mol. The maximum Gasteiger partial charge on any atom is 0.310 e. The minimum absolute atomic E-state index is 0.146. The molecule has 0 aliphatic carbocycles. The van der Waals surface area contributed by atoms with E-state index in [0.717, 1.165) is 10.8 Å². The molecule has 1 amide bonds. The molecule has 5 nitrogen and oxygen atoms in total. The Morgan fingerprint density at radius 3 is 2.36 bits per heavy atom. The second-order valence-electron chi connectivity index (χ2n) is 5.31. The quantitative estimate of drug-likeness (QED) is 0.772. The second kappa shape index (κ2) is 5.18. The lowest BCUT2D eigenvalue weighted by Crippen LogP contribution is -2.06. The van der Waals surface area contributed by atoms with E-state index in [0.29, 0.717) is 22.4 Å². The first-order valence-electron chi connectivity index (χ1n) is 6.92. The number of rotatable bonds is 3. The number of carboxylic acids is 1. The van der Waals surface area contributed by atoms with Gasteiger partial charge in [-0.2, -0.15) is 0 Å². The number of anilines is 1. The highest BCUT2D eigenvalue weighted by Gasteiger charge is 2.16. The number of nitrogens with one attached hydrogen (secondary N) is 1. The molecular weight excluding hydrogens is 282 g/mol. The molecule has 1 heterocycles. The fraction of sp³-hybridized carbons (Fsp3) is 0.176. The molecule has 0 radical (unpaired) electrons. The maximum absolute atomic E-state index is 11.2. The van der Waals surface area contributed by atoms with E-state index in [2.05, 4.69) is 5.32 Å². The van der Waals surface area contributed by atoms with Crippen LogP contribution in [0.1, 0.15) is 25.3 Å². The van der Waals surface area contributed by atoms with Gasteiger partial charge in [0.2, 0.25) is 5.91 Å². The van der Waals surface area contributed by atoms with Gasteiger partial charge in [0, 0.05) is 23.4 Å². The van der Waals surface area contributed by atoms with Gasteiger partial charge in [0.05, 0.1) is 5.92 Å². The number of hydrogen-bond acceptors (Lipinski definition) is 3. The summed E-state index contributed by atoms with van der Waals surface area (Å²) in [6.45, 7) is 3.10. The Morgan fingerprint density at radius 2 is 1.73 bits per heavy atom. The fourth-order valence-corrected chi connectivity index (χ4v) is 2.49. The molecule has 22 heavy (non-hydrogen) atoms. The average molecular weight is 297 g/mol. The lowest BCUT2D eigenvalue weighted by molar-refractivity contribution is -0.138. The Labute approximate surface area is 126 Å². The molecule has 3 rings (SSSR count). The van der Waals surface area contributed by atoms with E-state index in [1.807, 2.05) is 12.1 Å². The second-order valence-corrected chi connectivity index (χ2v) is 5.31. The zero-order chi connectivity index (χ0) is 15.9. The fourth-order valence-electron chi connectivity index (χ4n) is 2.49. The van der Waals surface area contributed by atoms with Crippen LogP contribution in [0.4, 0.5) is 5.69 Å². The topological polar surface area (TPSA) is 79.5 Å². The minimum atomic E-state index is -0.869. The van der Waals surface area contributed by atoms with Crippen LogP contribution in [0.2, 0.25) is 0 Å². The van der Waals surface area contributed by atoms with Crippen molar-refractivity contribution in [1.29, 1.82) is 0 Å². The number of hydrogen-bond donors (Lipinski definition) is 2. The van der Waals surface area contributed by atoms with Crippen LogP contribution in [0.15, 0.2) is 40.8 Å².